The second-order valence-electron chi connectivity index (χ2n) is 7.23. The van der Waals surface area contributed by atoms with Gasteiger partial charge in [0.15, 0.2) is 0 Å². The van der Waals surface area contributed by atoms with Crippen LogP contribution in [0.15, 0.2) is 6.20 Å². The zero-order valence-corrected chi connectivity index (χ0v) is 19.1. The Morgan fingerprint density at radius 3 is 2.00 bits per heavy atom. The van der Waals surface area contributed by atoms with Crippen molar-refractivity contribution in [3.8, 4) is 0 Å². The van der Waals surface area contributed by atoms with Gasteiger partial charge in [-0.25, -0.2) is 0 Å². The first-order chi connectivity index (χ1) is 11.6. The second kappa shape index (κ2) is 9.16. The zero-order valence-electron chi connectivity index (χ0n) is 16.2. The molecule has 0 fully saturated rings. The minimum absolute atomic E-state index is 1.04. The van der Waals surface area contributed by atoms with Crippen LogP contribution in [0.5, 0.6) is 0 Å². The molecule has 0 saturated heterocycles. The Balaban J connectivity index is 2.47. The molecule has 0 unspecified atom stereocenters. The van der Waals surface area contributed by atoms with Crippen molar-refractivity contribution in [3.05, 3.63) is 11.9 Å². The number of hydrogen-bond donors (Lipinski definition) is 0. The van der Waals surface area contributed by atoms with Crippen LogP contribution in [0.25, 0.3) is 11.0 Å². The van der Waals surface area contributed by atoms with Crippen LogP contribution in [0, 0.1) is 6.92 Å². The molecule has 2 rings (SSSR count). The summed E-state index contributed by atoms with van der Waals surface area (Å²) in [7, 11) is 1.99. The van der Waals surface area contributed by atoms with Gasteiger partial charge in [0.05, 0.1) is 0 Å². The van der Waals surface area contributed by atoms with Crippen LogP contribution >= 0.6 is 0 Å². The first-order valence-electron chi connectivity index (χ1n) is 9.74. The van der Waals surface area contributed by atoms with E-state index >= 15 is 0 Å². The van der Waals surface area contributed by atoms with Gasteiger partial charge in [-0.2, -0.15) is 0 Å². The summed E-state index contributed by atoms with van der Waals surface area (Å²) in [5.74, 6) is 0. The molecule has 2 aromatic rings. The Morgan fingerprint density at radius 1 is 0.958 bits per heavy atom. The third kappa shape index (κ3) is 4.30. The van der Waals surface area contributed by atoms with Crippen molar-refractivity contribution in [2.24, 2.45) is 7.05 Å². The number of aromatic nitrogens is 4. The molecule has 0 aliphatic rings. The Bertz CT molecular complexity index is 628. The molecule has 5 heteroatoms. The van der Waals surface area contributed by atoms with Gasteiger partial charge in [-0.3, -0.25) is 0 Å². The van der Waals surface area contributed by atoms with E-state index in [4.69, 9.17) is 9.97 Å². The van der Waals surface area contributed by atoms with Crippen LogP contribution in [0.3, 0.4) is 0 Å². The van der Waals surface area contributed by atoms with Crippen molar-refractivity contribution in [2.45, 2.75) is 79.5 Å². The van der Waals surface area contributed by atoms with Crippen LogP contribution in [-0.2, 0) is 7.05 Å². The van der Waals surface area contributed by atoms with Crippen molar-refractivity contribution < 1.29 is 0 Å². The molecule has 0 aromatic carbocycles. The van der Waals surface area contributed by atoms with Gasteiger partial charge in [0.1, 0.15) is 0 Å². The minimum atomic E-state index is -2.53. The number of unbranched alkanes of at least 4 members (excludes halogenated alkanes) is 3. The molecule has 2 heterocycles. The van der Waals surface area contributed by atoms with E-state index in [2.05, 4.69) is 32.8 Å². The van der Waals surface area contributed by atoms with Gasteiger partial charge in [-0.15, -0.1) is 0 Å². The van der Waals surface area contributed by atoms with Gasteiger partial charge in [-0.05, 0) is 0 Å². The molecule has 2 aromatic heterocycles. The first kappa shape index (κ1) is 19.7. The fraction of sp³-hybridized carbons (Fsp3) is 0.737. The maximum absolute atomic E-state index is 5.13. The Morgan fingerprint density at radius 2 is 1.50 bits per heavy atom. The number of hydrogen-bond acceptors (Lipinski definition) is 3. The van der Waals surface area contributed by atoms with Crippen LogP contribution < -0.4 is 3.84 Å². The van der Waals surface area contributed by atoms with Crippen LogP contribution in [0.2, 0.25) is 13.3 Å². The molecule has 0 spiro atoms. The predicted octanol–water partition coefficient (Wildman–Crippen LogP) is 4.73. The maximum atomic E-state index is 5.13. The van der Waals surface area contributed by atoms with Crippen molar-refractivity contribution in [2.75, 3.05) is 0 Å². The molecule has 0 N–H and O–H groups in total. The second-order valence-corrected chi connectivity index (χ2v) is 20.1. The Kier molecular flexibility index (Phi) is 7.51. The van der Waals surface area contributed by atoms with Crippen molar-refractivity contribution in [3.63, 3.8) is 0 Å². The molecule has 0 radical (unpaired) electrons. The molecule has 0 bridgehead atoms. The predicted molar refractivity (Wildman–Crippen MR) is 106 cm³/mol. The van der Waals surface area contributed by atoms with Gasteiger partial charge in [0, 0.05) is 0 Å². The molecule has 24 heavy (non-hydrogen) atoms. The normalized spacial score (nSPS) is 12.2. The van der Waals surface area contributed by atoms with Crippen LogP contribution in [-0.4, -0.2) is 38.1 Å². The number of fused-ring (bicyclic) bond motifs is 1. The fourth-order valence-electron chi connectivity index (χ4n) is 3.72. The summed E-state index contributed by atoms with van der Waals surface area (Å²) in [5.41, 5.74) is 3.18. The van der Waals surface area contributed by atoms with Crippen LogP contribution in [0.1, 0.15) is 65.0 Å². The van der Waals surface area contributed by atoms with E-state index in [9.17, 15) is 0 Å². The zero-order chi connectivity index (χ0) is 17.6. The average Bonchev–Trinajstić information content (AvgIpc) is 2.88. The summed E-state index contributed by atoms with van der Waals surface area (Å²) in [6, 6.07) is 0. The average molecular weight is 437 g/mol. The molecule has 134 valence electrons. The molecule has 0 atom stereocenters. The Hall–Kier alpha value is -0.651. The summed E-state index contributed by atoms with van der Waals surface area (Å²) >= 11 is -2.53. The van der Waals surface area contributed by atoms with Crippen molar-refractivity contribution in [1.29, 1.82) is 0 Å². The molecule has 0 aliphatic heterocycles. The Labute approximate surface area is 151 Å². The van der Waals surface area contributed by atoms with Gasteiger partial charge < -0.3 is 0 Å². The van der Waals surface area contributed by atoms with E-state index in [-0.39, 0.29) is 0 Å². The third-order valence-electron chi connectivity index (χ3n) is 5.26. The van der Waals surface area contributed by atoms with E-state index in [0.717, 1.165) is 16.7 Å². The monoisotopic (exact) mass is 438 g/mol. The van der Waals surface area contributed by atoms with Gasteiger partial charge in [0.2, 0.25) is 0 Å². The van der Waals surface area contributed by atoms with Gasteiger partial charge in [0.25, 0.3) is 0 Å². The summed E-state index contributed by atoms with van der Waals surface area (Å²) < 4.78 is 7.42. The molecular formula is C19H34N4Sn. The standard InChI is InChI=1S/C7H7N4.3C4H9.Sn/c1-5-7-6(11(2)10-5)3-8-4-9-7;3*1-3-4-2;/h3H,1-2H3;3*1,3-4H2,2H3;. The number of nitrogens with zero attached hydrogens (tertiary/aromatic N) is 4. The summed E-state index contributed by atoms with van der Waals surface area (Å²) in [5, 5.41) is 4.54. The van der Waals surface area contributed by atoms with Gasteiger partial charge in [-0.1, -0.05) is 0 Å². The van der Waals surface area contributed by atoms with Gasteiger partial charge >= 0.3 is 151 Å². The van der Waals surface area contributed by atoms with E-state index in [0.29, 0.717) is 0 Å². The fourth-order valence-corrected chi connectivity index (χ4v) is 18.6. The molecule has 0 saturated carbocycles. The summed E-state index contributed by atoms with van der Waals surface area (Å²) in [4.78, 5) is 10.1. The van der Waals surface area contributed by atoms with Crippen LogP contribution in [0.4, 0.5) is 0 Å². The molecule has 0 amide bonds. The summed E-state index contributed by atoms with van der Waals surface area (Å²) in [6.07, 6.45) is 9.92. The number of aryl methyl sites for hydroxylation is 2. The quantitative estimate of drug-likeness (QED) is 0.505. The van der Waals surface area contributed by atoms with Crippen molar-refractivity contribution >= 4 is 33.3 Å². The SMILES string of the molecule is CCC[CH2][Sn]([CH2]CCC)([CH2]CCC)[c]1ncc2c(n1)c(C)nn2C. The van der Waals surface area contributed by atoms with E-state index in [1.165, 1.54) is 55.7 Å². The topological polar surface area (TPSA) is 43.6 Å². The molecular weight excluding hydrogens is 403 g/mol. The molecule has 0 aliphatic carbocycles. The van der Waals surface area contributed by atoms with Crippen molar-refractivity contribution in [1.82, 2.24) is 19.7 Å². The van der Waals surface area contributed by atoms with E-state index in [1.54, 1.807) is 0 Å². The third-order valence-corrected chi connectivity index (χ3v) is 19.9. The molecule has 4 nitrogen and oxygen atoms in total. The summed E-state index contributed by atoms with van der Waals surface area (Å²) in [6.45, 7) is 9.00. The first-order valence-corrected chi connectivity index (χ1v) is 17.2. The van der Waals surface area contributed by atoms with E-state index < -0.39 is 18.4 Å². The van der Waals surface area contributed by atoms with E-state index in [1.807, 2.05) is 17.9 Å². The number of rotatable bonds is 10.